The topological polar surface area (TPSA) is 67.7 Å². The molecule has 180 valence electrons. The zero-order chi connectivity index (χ0) is 24.1. The summed E-state index contributed by atoms with van der Waals surface area (Å²) in [6.45, 7) is 6.59. The Balaban J connectivity index is 1.42. The molecule has 0 amide bonds. The molecule has 2 aromatic carbocycles. The van der Waals surface area contributed by atoms with Gasteiger partial charge in [0, 0.05) is 44.7 Å². The Hall–Kier alpha value is -2.97. The maximum Gasteiger partial charge on any atom is 0.311 e. The van der Waals surface area contributed by atoms with Crippen molar-refractivity contribution in [3.05, 3.63) is 69.4 Å². The second kappa shape index (κ2) is 11.0. The fraction of sp³-hybridized carbons (Fsp3) is 0.400. The number of ether oxygens (including phenoxy) is 1. The van der Waals surface area contributed by atoms with Crippen LogP contribution in [0, 0.1) is 5.82 Å². The lowest BCUT2D eigenvalue weighted by atomic mass is 10.1. The number of aryl methyl sites for hydroxylation is 1. The molecule has 1 saturated heterocycles. The van der Waals surface area contributed by atoms with E-state index in [-0.39, 0.29) is 18.4 Å². The number of rotatable bonds is 8. The Bertz CT molecular complexity index is 1220. The minimum atomic E-state index is -0.612. The minimum absolute atomic E-state index is 0.0369. The van der Waals surface area contributed by atoms with Crippen molar-refractivity contribution in [1.29, 1.82) is 0 Å². The van der Waals surface area contributed by atoms with Gasteiger partial charge in [-0.05, 0) is 31.5 Å². The molecule has 0 spiro atoms. The van der Waals surface area contributed by atoms with Crippen molar-refractivity contribution < 1.29 is 13.9 Å². The van der Waals surface area contributed by atoms with Crippen LogP contribution in [-0.4, -0.2) is 60.0 Å². The molecule has 0 N–H and O–H groups in total. The third kappa shape index (κ3) is 5.39. The summed E-state index contributed by atoms with van der Waals surface area (Å²) in [4.78, 5) is 29.6. The van der Waals surface area contributed by atoms with Crippen LogP contribution in [0.15, 0.2) is 47.3 Å². The van der Waals surface area contributed by atoms with E-state index in [0.29, 0.717) is 24.0 Å². The summed E-state index contributed by atoms with van der Waals surface area (Å²) in [5, 5.41) is 5.47. The molecule has 7 nitrogen and oxygen atoms in total. The predicted octanol–water partition coefficient (Wildman–Crippen LogP) is 3.51. The van der Waals surface area contributed by atoms with Crippen molar-refractivity contribution in [2.24, 2.45) is 0 Å². The second-order valence-electron chi connectivity index (χ2n) is 8.25. The molecule has 0 unspecified atom stereocenters. The lowest BCUT2D eigenvalue weighted by Gasteiger charge is -2.36. The van der Waals surface area contributed by atoms with Crippen molar-refractivity contribution in [2.75, 3.05) is 44.2 Å². The van der Waals surface area contributed by atoms with E-state index in [2.05, 4.69) is 14.9 Å². The highest BCUT2D eigenvalue weighted by atomic mass is 35.5. The molecule has 2 heterocycles. The quantitative estimate of drug-likeness (QED) is 0.454. The number of hydrogen-bond acceptors (Lipinski definition) is 6. The van der Waals surface area contributed by atoms with Crippen LogP contribution in [0.5, 0.6) is 0 Å². The molecule has 0 radical (unpaired) electrons. The first-order valence-corrected chi connectivity index (χ1v) is 11.9. The molecule has 0 atom stereocenters. The molecule has 0 bridgehead atoms. The Morgan fingerprint density at radius 2 is 1.85 bits per heavy atom. The summed E-state index contributed by atoms with van der Waals surface area (Å²) < 4.78 is 20.8. The highest BCUT2D eigenvalue weighted by molar-refractivity contribution is 6.33. The predicted molar refractivity (Wildman–Crippen MR) is 131 cm³/mol. The third-order valence-corrected chi connectivity index (χ3v) is 6.36. The number of esters is 1. The summed E-state index contributed by atoms with van der Waals surface area (Å²) in [6, 6.07) is 12.2. The molecule has 0 saturated carbocycles. The van der Waals surface area contributed by atoms with Gasteiger partial charge in [0.25, 0.3) is 5.56 Å². The molecule has 1 aromatic heterocycles. The summed E-state index contributed by atoms with van der Waals surface area (Å²) in [7, 11) is 0. The number of hydrogen-bond donors (Lipinski definition) is 0. The average molecular weight is 487 g/mol. The summed E-state index contributed by atoms with van der Waals surface area (Å²) in [5.41, 5.74) is 0.914. The van der Waals surface area contributed by atoms with E-state index in [1.807, 2.05) is 24.3 Å². The van der Waals surface area contributed by atoms with Crippen LogP contribution in [0.1, 0.15) is 19.0 Å². The first kappa shape index (κ1) is 24.2. The van der Waals surface area contributed by atoms with Crippen molar-refractivity contribution in [2.45, 2.75) is 26.3 Å². The van der Waals surface area contributed by atoms with Crippen LogP contribution in [0.4, 0.5) is 10.1 Å². The van der Waals surface area contributed by atoms with Gasteiger partial charge in [-0.15, -0.1) is 0 Å². The van der Waals surface area contributed by atoms with Gasteiger partial charge in [0.05, 0.1) is 34.8 Å². The molecule has 4 rings (SSSR count). The highest BCUT2D eigenvalue weighted by Gasteiger charge is 2.20. The van der Waals surface area contributed by atoms with E-state index < -0.39 is 17.3 Å². The van der Waals surface area contributed by atoms with Crippen molar-refractivity contribution in [1.82, 2.24) is 14.7 Å². The molecule has 34 heavy (non-hydrogen) atoms. The van der Waals surface area contributed by atoms with Gasteiger partial charge in [-0.3, -0.25) is 14.5 Å². The normalized spacial score (nSPS) is 14.5. The fourth-order valence-corrected chi connectivity index (χ4v) is 4.61. The van der Waals surface area contributed by atoms with Gasteiger partial charge >= 0.3 is 5.97 Å². The van der Waals surface area contributed by atoms with Crippen LogP contribution in [0.25, 0.3) is 10.8 Å². The van der Waals surface area contributed by atoms with Crippen LogP contribution < -0.4 is 10.5 Å². The van der Waals surface area contributed by atoms with Crippen molar-refractivity contribution in [3.63, 3.8) is 0 Å². The number of para-hydroxylation sites is 1. The first-order valence-electron chi connectivity index (χ1n) is 11.5. The SMILES string of the molecule is CCOC(=O)Cc1nn(CCCN2CCN(c3ccccc3Cl)CC2)c(=O)c2c(F)cccc12. The van der Waals surface area contributed by atoms with E-state index in [1.54, 1.807) is 13.0 Å². The Labute approximate surface area is 202 Å². The number of piperazine rings is 1. The lowest BCUT2D eigenvalue weighted by Crippen LogP contribution is -2.47. The van der Waals surface area contributed by atoms with Crippen molar-refractivity contribution in [3.8, 4) is 0 Å². The van der Waals surface area contributed by atoms with Gasteiger partial charge in [-0.2, -0.15) is 5.10 Å². The number of fused-ring (bicyclic) bond motifs is 1. The maximum atomic E-state index is 14.5. The Kier molecular flexibility index (Phi) is 7.80. The molecule has 1 aliphatic rings. The van der Waals surface area contributed by atoms with Crippen LogP contribution in [-0.2, 0) is 22.5 Å². The fourth-order valence-electron chi connectivity index (χ4n) is 4.35. The number of nitrogens with zero attached hydrogens (tertiary/aromatic N) is 4. The van der Waals surface area contributed by atoms with Gasteiger partial charge in [0.2, 0.25) is 0 Å². The number of aromatic nitrogens is 2. The lowest BCUT2D eigenvalue weighted by molar-refractivity contribution is -0.142. The van der Waals surface area contributed by atoms with Gasteiger partial charge in [0.15, 0.2) is 0 Å². The zero-order valence-corrected chi connectivity index (χ0v) is 19.9. The van der Waals surface area contributed by atoms with Gasteiger partial charge in [-0.25, -0.2) is 9.07 Å². The molecule has 0 aliphatic carbocycles. The summed E-state index contributed by atoms with van der Waals surface area (Å²) >= 11 is 6.32. The van der Waals surface area contributed by atoms with E-state index >= 15 is 0 Å². The molecule has 9 heteroatoms. The number of carbonyl (C=O) groups excluding carboxylic acids is 1. The van der Waals surface area contributed by atoms with E-state index in [0.717, 1.165) is 43.4 Å². The molecular formula is C25H28ClFN4O3. The monoisotopic (exact) mass is 486 g/mol. The second-order valence-corrected chi connectivity index (χ2v) is 8.66. The third-order valence-electron chi connectivity index (χ3n) is 6.04. The van der Waals surface area contributed by atoms with Crippen LogP contribution >= 0.6 is 11.6 Å². The van der Waals surface area contributed by atoms with Gasteiger partial charge in [0.1, 0.15) is 5.82 Å². The largest absolute Gasteiger partial charge is 0.466 e. The number of anilines is 1. The molecule has 1 aliphatic heterocycles. The summed E-state index contributed by atoms with van der Waals surface area (Å²) in [6.07, 6.45) is 0.565. The highest BCUT2D eigenvalue weighted by Crippen LogP contribution is 2.26. The van der Waals surface area contributed by atoms with Gasteiger partial charge < -0.3 is 9.64 Å². The molecule has 1 fully saturated rings. The summed E-state index contributed by atoms with van der Waals surface area (Å²) in [5.74, 6) is -1.07. The number of carbonyl (C=O) groups is 1. The smallest absolute Gasteiger partial charge is 0.311 e. The van der Waals surface area contributed by atoms with Crippen molar-refractivity contribution >= 4 is 34.0 Å². The molecule has 3 aromatic rings. The van der Waals surface area contributed by atoms with E-state index in [9.17, 15) is 14.0 Å². The maximum absolute atomic E-state index is 14.5. The minimum Gasteiger partial charge on any atom is -0.466 e. The van der Waals surface area contributed by atoms with Crippen LogP contribution in [0.2, 0.25) is 5.02 Å². The van der Waals surface area contributed by atoms with Crippen LogP contribution in [0.3, 0.4) is 0 Å². The first-order chi connectivity index (χ1) is 16.5. The Morgan fingerprint density at radius 3 is 2.59 bits per heavy atom. The van der Waals surface area contributed by atoms with E-state index in [4.69, 9.17) is 16.3 Å². The Morgan fingerprint density at radius 1 is 1.09 bits per heavy atom. The zero-order valence-electron chi connectivity index (χ0n) is 19.2. The molecular weight excluding hydrogens is 459 g/mol. The van der Waals surface area contributed by atoms with E-state index in [1.165, 1.54) is 16.8 Å². The standard InChI is InChI=1S/C25H28ClFN4O3/c1-2-34-23(32)17-21-18-7-5-9-20(27)24(18)25(33)31(28-21)12-6-11-29-13-15-30(16-14-29)22-10-4-3-8-19(22)26/h3-5,7-10H,2,6,11-17H2,1H3. The average Bonchev–Trinajstić information content (AvgIpc) is 2.83. The number of benzene rings is 2. The van der Waals surface area contributed by atoms with Gasteiger partial charge in [-0.1, -0.05) is 35.9 Å². The number of halogens is 2.